The molecular formula is C23H22BrNO3S. The number of nitrogens with one attached hydrogen (secondary N) is 1. The summed E-state index contributed by atoms with van der Waals surface area (Å²) < 4.78 is 26.0. The number of rotatable bonds is 7. The fraction of sp³-hybridized carbons (Fsp3) is 0.174. The maximum atomic E-state index is 12.5. The van der Waals surface area contributed by atoms with Gasteiger partial charge in [-0.1, -0.05) is 58.4 Å². The largest absolute Gasteiger partial charge is 0.349 e. The first-order chi connectivity index (χ1) is 13.8. The van der Waals surface area contributed by atoms with E-state index in [4.69, 9.17) is 0 Å². The summed E-state index contributed by atoms with van der Waals surface area (Å²) in [7, 11) is -3.41. The minimum absolute atomic E-state index is 0.0261. The summed E-state index contributed by atoms with van der Waals surface area (Å²) in [5, 5.41) is 2.98. The minimum Gasteiger partial charge on any atom is -0.349 e. The predicted octanol–water partition coefficient (Wildman–Crippen LogP) is 4.78. The molecule has 0 heterocycles. The molecule has 0 aliphatic carbocycles. The van der Waals surface area contributed by atoms with Gasteiger partial charge in [0.05, 0.1) is 10.6 Å². The van der Waals surface area contributed by atoms with Crippen LogP contribution in [-0.4, -0.2) is 20.4 Å². The highest BCUT2D eigenvalue weighted by Crippen LogP contribution is 2.17. The van der Waals surface area contributed by atoms with Gasteiger partial charge in [-0.2, -0.15) is 0 Å². The molecule has 3 rings (SSSR count). The summed E-state index contributed by atoms with van der Waals surface area (Å²) in [4.78, 5) is 12.8. The molecule has 0 aliphatic heterocycles. The molecule has 0 spiro atoms. The third-order valence-corrected chi connectivity index (χ3v) is 6.74. The van der Waals surface area contributed by atoms with Crippen LogP contribution >= 0.6 is 15.9 Å². The molecule has 3 aromatic rings. The van der Waals surface area contributed by atoms with Crippen molar-refractivity contribution in [3.8, 4) is 0 Å². The molecule has 1 unspecified atom stereocenters. The van der Waals surface area contributed by atoms with Crippen LogP contribution in [0, 0.1) is 0 Å². The number of carbonyl (C=O) groups excluding carboxylic acids is 1. The van der Waals surface area contributed by atoms with Crippen molar-refractivity contribution >= 4 is 31.7 Å². The summed E-state index contributed by atoms with van der Waals surface area (Å²) in [6.45, 7) is 1.96. The van der Waals surface area contributed by atoms with Crippen LogP contribution in [0.1, 0.15) is 28.4 Å². The van der Waals surface area contributed by atoms with Gasteiger partial charge in [0.2, 0.25) is 0 Å². The second-order valence-electron chi connectivity index (χ2n) is 6.97. The molecule has 1 atom stereocenters. The average molecular weight is 472 g/mol. The number of benzene rings is 3. The molecule has 0 aromatic heterocycles. The molecule has 29 heavy (non-hydrogen) atoms. The number of sulfone groups is 1. The molecular weight excluding hydrogens is 450 g/mol. The third kappa shape index (κ3) is 6.02. The second-order valence-corrected chi connectivity index (χ2v) is 9.88. The fourth-order valence-electron chi connectivity index (χ4n) is 3.02. The van der Waals surface area contributed by atoms with Crippen molar-refractivity contribution in [2.75, 3.05) is 0 Å². The van der Waals surface area contributed by atoms with Crippen LogP contribution in [-0.2, 0) is 22.0 Å². The van der Waals surface area contributed by atoms with Gasteiger partial charge in [0.15, 0.2) is 9.84 Å². The zero-order valence-corrected chi connectivity index (χ0v) is 18.4. The van der Waals surface area contributed by atoms with Crippen LogP contribution in [0.4, 0.5) is 0 Å². The summed E-state index contributed by atoms with van der Waals surface area (Å²) >= 11 is 3.41. The highest BCUT2D eigenvalue weighted by molar-refractivity contribution is 9.10. The Morgan fingerprint density at radius 3 is 2.10 bits per heavy atom. The molecule has 0 aliphatic rings. The Hall–Kier alpha value is -2.44. The van der Waals surface area contributed by atoms with Crippen LogP contribution < -0.4 is 5.32 Å². The summed E-state index contributed by atoms with van der Waals surface area (Å²) in [6.07, 6.45) is 0.729. The van der Waals surface area contributed by atoms with Crippen molar-refractivity contribution in [1.82, 2.24) is 5.32 Å². The highest BCUT2D eigenvalue weighted by Gasteiger charge is 2.16. The molecule has 150 valence electrons. The minimum atomic E-state index is -3.41. The highest BCUT2D eigenvalue weighted by atomic mass is 79.9. The van der Waals surface area contributed by atoms with E-state index >= 15 is 0 Å². The van der Waals surface area contributed by atoms with Gasteiger partial charge in [-0.05, 0) is 60.9 Å². The lowest BCUT2D eigenvalue weighted by Crippen LogP contribution is -2.34. The molecule has 1 amide bonds. The molecule has 0 saturated carbocycles. The zero-order valence-electron chi connectivity index (χ0n) is 16.0. The van der Waals surface area contributed by atoms with E-state index in [-0.39, 0.29) is 17.7 Å². The van der Waals surface area contributed by atoms with Crippen LogP contribution in [0.3, 0.4) is 0 Å². The Bertz CT molecular complexity index is 1060. The Morgan fingerprint density at radius 2 is 1.48 bits per heavy atom. The van der Waals surface area contributed by atoms with Crippen molar-refractivity contribution in [1.29, 1.82) is 0 Å². The smallest absolute Gasteiger partial charge is 0.251 e. The maximum Gasteiger partial charge on any atom is 0.251 e. The number of hydrogen-bond donors (Lipinski definition) is 1. The van der Waals surface area contributed by atoms with Crippen molar-refractivity contribution < 1.29 is 13.2 Å². The maximum absolute atomic E-state index is 12.5. The van der Waals surface area contributed by atoms with Crippen LogP contribution in [0.15, 0.2) is 88.2 Å². The van der Waals surface area contributed by atoms with Gasteiger partial charge in [0.25, 0.3) is 5.91 Å². The van der Waals surface area contributed by atoms with E-state index in [1.54, 1.807) is 54.6 Å². The lowest BCUT2D eigenvalue weighted by Gasteiger charge is -2.14. The first kappa shape index (κ1) is 21.3. The first-order valence-corrected chi connectivity index (χ1v) is 11.7. The van der Waals surface area contributed by atoms with Crippen LogP contribution in [0.2, 0.25) is 0 Å². The van der Waals surface area contributed by atoms with Gasteiger partial charge in [-0.3, -0.25) is 4.79 Å². The Balaban J connectivity index is 1.60. The van der Waals surface area contributed by atoms with Gasteiger partial charge in [-0.25, -0.2) is 8.42 Å². The van der Waals surface area contributed by atoms with E-state index in [1.165, 1.54) is 0 Å². The van der Waals surface area contributed by atoms with Gasteiger partial charge in [0.1, 0.15) is 0 Å². The lowest BCUT2D eigenvalue weighted by molar-refractivity contribution is 0.0940. The van der Waals surface area contributed by atoms with E-state index in [2.05, 4.69) is 21.2 Å². The fourth-order valence-corrected chi connectivity index (χ4v) is 4.65. The topological polar surface area (TPSA) is 63.2 Å². The van der Waals surface area contributed by atoms with E-state index < -0.39 is 9.84 Å². The Kier molecular flexibility index (Phi) is 6.87. The van der Waals surface area contributed by atoms with Crippen molar-refractivity contribution in [3.63, 3.8) is 0 Å². The molecule has 6 heteroatoms. The lowest BCUT2D eigenvalue weighted by atomic mass is 10.1. The standard InChI is InChI=1S/C23H22BrNO3S/c1-17(15-18-9-13-21(24)14-10-18)25-23(26)20-11-7-19(8-12-20)16-29(27,28)22-5-3-2-4-6-22/h2-14,17H,15-16H2,1H3,(H,25,26). The SMILES string of the molecule is CC(Cc1ccc(Br)cc1)NC(=O)c1ccc(CS(=O)(=O)c2ccccc2)cc1. The molecule has 3 aromatic carbocycles. The third-order valence-electron chi connectivity index (χ3n) is 4.51. The first-order valence-electron chi connectivity index (χ1n) is 9.25. The Labute approximate surface area is 180 Å². The molecule has 0 fully saturated rings. The summed E-state index contributed by atoms with van der Waals surface area (Å²) in [5.41, 5.74) is 2.30. The second kappa shape index (κ2) is 9.37. The van der Waals surface area contributed by atoms with E-state index in [9.17, 15) is 13.2 Å². The molecule has 4 nitrogen and oxygen atoms in total. The predicted molar refractivity (Wildman–Crippen MR) is 119 cm³/mol. The molecule has 1 N–H and O–H groups in total. The number of halogens is 1. The van der Waals surface area contributed by atoms with Crippen molar-refractivity contribution in [2.45, 2.75) is 30.0 Å². The van der Waals surface area contributed by atoms with E-state index in [1.807, 2.05) is 31.2 Å². The van der Waals surface area contributed by atoms with Gasteiger partial charge >= 0.3 is 0 Å². The normalized spacial score (nSPS) is 12.3. The number of carbonyl (C=O) groups is 1. The van der Waals surface area contributed by atoms with Crippen molar-refractivity contribution in [2.24, 2.45) is 0 Å². The Morgan fingerprint density at radius 1 is 0.897 bits per heavy atom. The zero-order chi connectivity index (χ0) is 20.9. The van der Waals surface area contributed by atoms with Gasteiger partial charge in [0, 0.05) is 16.1 Å². The molecule has 0 bridgehead atoms. The average Bonchev–Trinajstić information content (AvgIpc) is 2.70. The van der Waals surface area contributed by atoms with Gasteiger partial charge in [-0.15, -0.1) is 0 Å². The monoisotopic (exact) mass is 471 g/mol. The van der Waals surface area contributed by atoms with E-state index in [0.717, 1.165) is 16.5 Å². The number of hydrogen-bond acceptors (Lipinski definition) is 3. The quantitative estimate of drug-likeness (QED) is 0.538. The van der Waals surface area contributed by atoms with E-state index in [0.29, 0.717) is 16.0 Å². The molecule has 0 radical (unpaired) electrons. The summed E-state index contributed by atoms with van der Waals surface area (Å²) in [5.74, 6) is -0.272. The number of amides is 1. The van der Waals surface area contributed by atoms with Crippen molar-refractivity contribution in [3.05, 3.63) is 100 Å². The van der Waals surface area contributed by atoms with Crippen LogP contribution in [0.25, 0.3) is 0 Å². The van der Waals surface area contributed by atoms with Crippen LogP contribution in [0.5, 0.6) is 0 Å². The summed E-state index contributed by atoms with van der Waals surface area (Å²) in [6, 6.07) is 23.0. The molecule has 0 saturated heterocycles. The van der Waals surface area contributed by atoms with Gasteiger partial charge < -0.3 is 5.32 Å².